The first-order chi connectivity index (χ1) is 24.0. The highest BCUT2D eigenvalue weighted by molar-refractivity contribution is 6.23. The van der Waals surface area contributed by atoms with Gasteiger partial charge in [0.1, 0.15) is 11.2 Å². The first kappa shape index (κ1) is 27.9. The molecule has 232 valence electrons. The van der Waals surface area contributed by atoms with E-state index in [0.29, 0.717) is 0 Å². The van der Waals surface area contributed by atoms with E-state index < -0.39 is 0 Å². The van der Waals surface area contributed by atoms with Crippen molar-refractivity contribution in [3.63, 3.8) is 0 Å². The minimum absolute atomic E-state index is 0.0922. The van der Waals surface area contributed by atoms with Gasteiger partial charge in [0.2, 0.25) is 0 Å². The summed E-state index contributed by atoms with van der Waals surface area (Å²) in [7, 11) is 0. The summed E-state index contributed by atoms with van der Waals surface area (Å²) in [5.74, 6) is 0. The molecule has 1 aliphatic carbocycles. The normalized spacial score (nSPS) is 13.3. The third-order valence-electron chi connectivity index (χ3n) is 10.6. The van der Waals surface area contributed by atoms with Crippen molar-refractivity contribution in [1.29, 1.82) is 0 Å². The molecule has 0 aliphatic heterocycles. The summed E-state index contributed by atoms with van der Waals surface area (Å²) in [5.41, 5.74) is 13.0. The van der Waals surface area contributed by atoms with E-state index in [0.717, 1.165) is 44.4 Å². The van der Waals surface area contributed by atoms with Gasteiger partial charge in [0.05, 0.1) is 0 Å². The maximum absolute atomic E-state index is 6.52. The zero-order valence-electron chi connectivity index (χ0n) is 27.4. The maximum atomic E-state index is 6.52. The van der Waals surface area contributed by atoms with Gasteiger partial charge in [-0.2, -0.15) is 0 Å². The molecule has 0 bridgehead atoms. The number of anilines is 3. The van der Waals surface area contributed by atoms with Crippen molar-refractivity contribution in [3.8, 4) is 22.3 Å². The second kappa shape index (κ2) is 10.4. The molecule has 0 radical (unpaired) electrons. The van der Waals surface area contributed by atoms with Gasteiger partial charge in [0.15, 0.2) is 0 Å². The van der Waals surface area contributed by atoms with Gasteiger partial charge in [0.25, 0.3) is 0 Å². The highest BCUT2D eigenvalue weighted by atomic mass is 16.3. The van der Waals surface area contributed by atoms with Gasteiger partial charge in [-0.1, -0.05) is 129 Å². The average Bonchev–Trinajstić information content (AvgIpc) is 3.64. The van der Waals surface area contributed by atoms with Crippen molar-refractivity contribution in [2.45, 2.75) is 19.3 Å². The third-order valence-corrected chi connectivity index (χ3v) is 10.6. The van der Waals surface area contributed by atoms with Gasteiger partial charge in [-0.3, -0.25) is 0 Å². The van der Waals surface area contributed by atoms with Gasteiger partial charge in [-0.15, -0.1) is 0 Å². The smallest absolute Gasteiger partial charge is 0.143 e. The minimum Gasteiger partial charge on any atom is -0.455 e. The number of para-hydroxylation sites is 1. The molecule has 0 N–H and O–H groups in total. The minimum atomic E-state index is -0.0922. The number of furan rings is 1. The number of nitrogens with zero attached hydrogens (tertiary/aromatic N) is 1. The SMILES string of the molecule is CC1(C)c2ccccc2-c2ccc(N(c3ccc(-c4ccccc4)cc3)c3ccc4c(ccc5ccc6c7ccccc7oc6c54)c3)cc21. The number of hydrogen-bond donors (Lipinski definition) is 0. The molecule has 8 aromatic carbocycles. The monoisotopic (exact) mass is 627 g/mol. The van der Waals surface area contributed by atoms with E-state index in [-0.39, 0.29) is 5.41 Å². The van der Waals surface area contributed by atoms with Crippen LogP contribution in [0.15, 0.2) is 168 Å². The lowest BCUT2D eigenvalue weighted by Gasteiger charge is -2.28. The Bertz CT molecular complexity index is 2730. The fourth-order valence-corrected chi connectivity index (χ4v) is 8.17. The predicted octanol–water partition coefficient (Wildman–Crippen LogP) is 13.3. The zero-order chi connectivity index (χ0) is 32.7. The Hall–Kier alpha value is -6.12. The highest BCUT2D eigenvalue weighted by Crippen LogP contribution is 2.51. The van der Waals surface area contributed by atoms with Crippen LogP contribution >= 0.6 is 0 Å². The van der Waals surface area contributed by atoms with E-state index in [9.17, 15) is 0 Å². The van der Waals surface area contributed by atoms with E-state index in [4.69, 9.17) is 4.42 Å². The van der Waals surface area contributed by atoms with Crippen LogP contribution < -0.4 is 4.90 Å². The molecule has 0 amide bonds. The Kier molecular flexibility index (Phi) is 5.95. The molecule has 0 saturated heterocycles. The van der Waals surface area contributed by atoms with Crippen LogP contribution in [0.2, 0.25) is 0 Å². The molecule has 0 unspecified atom stereocenters. The first-order valence-corrected chi connectivity index (χ1v) is 17.0. The molecule has 0 atom stereocenters. The topological polar surface area (TPSA) is 16.4 Å². The van der Waals surface area contributed by atoms with Crippen molar-refractivity contribution >= 4 is 60.5 Å². The molecule has 0 saturated carbocycles. The number of benzene rings is 8. The van der Waals surface area contributed by atoms with Crippen molar-refractivity contribution < 1.29 is 4.42 Å². The lowest BCUT2D eigenvalue weighted by molar-refractivity contribution is 0.660. The average molecular weight is 628 g/mol. The molecule has 9 aromatic rings. The molecular formula is C47H33NO. The molecule has 0 fully saturated rings. The van der Waals surface area contributed by atoms with Crippen molar-refractivity contribution in [3.05, 3.63) is 175 Å². The maximum Gasteiger partial charge on any atom is 0.143 e. The molecule has 1 aliphatic rings. The molecule has 0 spiro atoms. The summed E-state index contributed by atoms with van der Waals surface area (Å²) >= 11 is 0. The largest absolute Gasteiger partial charge is 0.455 e. The number of hydrogen-bond acceptors (Lipinski definition) is 2. The molecule has 1 aromatic heterocycles. The van der Waals surface area contributed by atoms with Crippen LogP contribution in [0.3, 0.4) is 0 Å². The summed E-state index contributed by atoms with van der Waals surface area (Å²) < 4.78 is 6.52. The second-order valence-corrected chi connectivity index (χ2v) is 13.8. The fourth-order valence-electron chi connectivity index (χ4n) is 8.17. The lowest BCUT2D eigenvalue weighted by Crippen LogP contribution is -2.16. The van der Waals surface area contributed by atoms with Gasteiger partial charge < -0.3 is 9.32 Å². The number of fused-ring (bicyclic) bond motifs is 10. The van der Waals surface area contributed by atoms with Crippen molar-refractivity contribution in [1.82, 2.24) is 0 Å². The highest BCUT2D eigenvalue weighted by Gasteiger charge is 2.35. The molecule has 2 heteroatoms. The standard InChI is InChI=1S/C47H33NO/c1-47(2)42-14-8-6-12-38(42)39-27-24-36(29-43(39)47)48(34-21-18-31(19-22-34)30-10-4-3-5-11-30)35-23-26-37-33(28-35)17-16-32-20-25-41-40-13-7-9-15-44(40)49-46(41)45(32)37/h3-29H,1-2H3. The van der Waals surface area contributed by atoms with Crippen LogP contribution in [0.25, 0.3) is 65.7 Å². The Morgan fingerprint density at radius 1 is 0.449 bits per heavy atom. The summed E-state index contributed by atoms with van der Waals surface area (Å²) in [5, 5.41) is 7.02. The molecule has 2 nitrogen and oxygen atoms in total. The van der Waals surface area contributed by atoms with Gasteiger partial charge in [-0.25, -0.2) is 0 Å². The summed E-state index contributed by atoms with van der Waals surface area (Å²) in [6, 6.07) is 59.5. The fraction of sp³-hybridized carbons (Fsp3) is 0.0638. The van der Waals surface area contributed by atoms with Crippen LogP contribution in [0.5, 0.6) is 0 Å². The van der Waals surface area contributed by atoms with E-state index in [1.165, 1.54) is 49.5 Å². The van der Waals surface area contributed by atoms with Crippen LogP contribution in [-0.2, 0) is 5.41 Å². The van der Waals surface area contributed by atoms with E-state index in [1.807, 2.05) is 6.07 Å². The van der Waals surface area contributed by atoms with E-state index in [1.54, 1.807) is 0 Å². The zero-order valence-corrected chi connectivity index (χ0v) is 27.4. The molecular weight excluding hydrogens is 595 g/mol. The molecule has 49 heavy (non-hydrogen) atoms. The Labute approximate surface area is 285 Å². The summed E-state index contributed by atoms with van der Waals surface area (Å²) in [6.07, 6.45) is 0. The van der Waals surface area contributed by atoms with Crippen LogP contribution in [0.1, 0.15) is 25.0 Å². The van der Waals surface area contributed by atoms with Crippen LogP contribution in [0, 0.1) is 0 Å². The van der Waals surface area contributed by atoms with E-state index in [2.05, 4.69) is 176 Å². The van der Waals surface area contributed by atoms with Crippen LogP contribution in [0.4, 0.5) is 17.1 Å². The van der Waals surface area contributed by atoms with Gasteiger partial charge in [0, 0.05) is 38.6 Å². The van der Waals surface area contributed by atoms with E-state index >= 15 is 0 Å². The Morgan fingerprint density at radius 3 is 1.96 bits per heavy atom. The van der Waals surface area contributed by atoms with Gasteiger partial charge in [-0.05, 0) is 98.1 Å². The molecule has 1 heterocycles. The summed E-state index contributed by atoms with van der Waals surface area (Å²) in [6.45, 7) is 4.70. The summed E-state index contributed by atoms with van der Waals surface area (Å²) in [4.78, 5) is 2.40. The van der Waals surface area contributed by atoms with Crippen molar-refractivity contribution in [2.24, 2.45) is 0 Å². The predicted molar refractivity (Wildman–Crippen MR) is 206 cm³/mol. The lowest BCUT2D eigenvalue weighted by atomic mass is 9.82. The number of rotatable bonds is 4. The first-order valence-electron chi connectivity index (χ1n) is 17.0. The molecule has 10 rings (SSSR count). The Morgan fingerprint density at radius 2 is 1.08 bits per heavy atom. The third kappa shape index (κ3) is 4.20. The van der Waals surface area contributed by atoms with Gasteiger partial charge >= 0.3 is 0 Å². The quantitative estimate of drug-likeness (QED) is 0.181. The van der Waals surface area contributed by atoms with Crippen molar-refractivity contribution in [2.75, 3.05) is 4.90 Å². The second-order valence-electron chi connectivity index (χ2n) is 13.8. The Balaban J connectivity index is 1.17. The van der Waals surface area contributed by atoms with Crippen LogP contribution in [-0.4, -0.2) is 0 Å².